The first-order chi connectivity index (χ1) is 8.27. The number of anilines is 1. The molecular formula is C12H23N3OS. The molecule has 0 aliphatic rings. The van der Waals surface area contributed by atoms with Gasteiger partial charge in [0, 0.05) is 44.9 Å². The smallest absolute Gasteiger partial charge is 0.185 e. The van der Waals surface area contributed by atoms with Gasteiger partial charge in [-0.3, -0.25) is 0 Å². The normalized spacial score (nSPS) is 10.8. The van der Waals surface area contributed by atoms with Crippen LogP contribution in [0.1, 0.15) is 24.6 Å². The molecule has 0 bridgehead atoms. The Morgan fingerprint density at radius 2 is 2.35 bits per heavy atom. The summed E-state index contributed by atoms with van der Waals surface area (Å²) in [5, 5.41) is 4.44. The molecule has 0 radical (unpaired) electrons. The van der Waals surface area contributed by atoms with Crippen LogP contribution >= 0.6 is 11.3 Å². The predicted octanol–water partition coefficient (Wildman–Crippen LogP) is 2.12. The highest BCUT2D eigenvalue weighted by Gasteiger charge is 2.06. The Morgan fingerprint density at radius 1 is 1.53 bits per heavy atom. The number of methoxy groups -OCH3 is 1. The molecule has 98 valence electrons. The Bertz CT molecular complexity index is 304. The molecule has 4 nitrogen and oxygen atoms in total. The molecule has 1 aromatic rings. The number of nitrogens with one attached hydrogen (secondary N) is 1. The van der Waals surface area contributed by atoms with Crippen molar-refractivity contribution in [1.82, 2.24) is 10.3 Å². The van der Waals surface area contributed by atoms with Crippen LogP contribution < -0.4 is 10.2 Å². The lowest BCUT2D eigenvalue weighted by Gasteiger charge is -2.14. The first-order valence-corrected chi connectivity index (χ1v) is 6.95. The fourth-order valence-corrected chi connectivity index (χ4v) is 2.30. The molecule has 17 heavy (non-hydrogen) atoms. The number of unbranched alkanes of at least 4 members (excludes halogenated alkanes) is 1. The molecule has 1 heterocycles. The number of thiazole rings is 1. The van der Waals surface area contributed by atoms with Crippen molar-refractivity contribution in [2.75, 3.05) is 38.8 Å². The molecule has 0 spiro atoms. The number of hydrogen-bond acceptors (Lipinski definition) is 5. The minimum Gasteiger partial charge on any atom is -0.383 e. The van der Waals surface area contributed by atoms with Crippen molar-refractivity contribution in [3.8, 4) is 0 Å². The summed E-state index contributed by atoms with van der Waals surface area (Å²) in [6.45, 7) is 5.81. The molecule has 0 aliphatic carbocycles. The molecule has 0 atom stereocenters. The first-order valence-electron chi connectivity index (χ1n) is 6.13. The third-order valence-corrected chi connectivity index (χ3v) is 3.61. The van der Waals surface area contributed by atoms with Crippen molar-refractivity contribution < 1.29 is 4.74 Å². The van der Waals surface area contributed by atoms with E-state index in [9.17, 15) is 0 Å². The van der Waals surface area contributed by atoms with Crippen molar-refractivity contribution in [2.24, 2.45) is 0 Å². The van der Waals surface area contributed by atoms with Crippen LogP contribution in [-0.4, -0.2) is 38.8 Å². The molecule has 0 amide bonds. The quantitative estimate of drug-likeness (QED) is 0.688. The highest BCUT2D eigenvalue weighted by Crippen LogP contribution is 2.21. The molecule has 0 saturated heterocycles. The lowest BCUT2D eigenvalue weighted by molar-refractivity contribution is 0.199. The maximum Gasteiger partial charge on any atom is 0.185 e. The van der Waals surface area contributed by atoms with Crippen LogP contribution in [0.4, 0.5) is 5.13 Å². The lowest BCUT2D eigenvalue weighted by atomic mass is 10.3. The van der Waals surface area contributed by atoms with E-state index < -0.39 is 0 Å². The SMILES string of the molecule is CCCCN(C)c1ncc(CNCCOC)s1. The van der Waals surface area contributed by atoms with Crippen LogP contribution in [-0.2, 0) is 11.3 Å². The van der Waals surface area contributed by atoms with E-state index in [-0.39, 0.29) is 0 Å². The molecule has 1 aromatic heterocycles. The van der Waals surface area contributed by atoms with Crippen LogP contribution in [0, 0.1) is 0 Å². The predicted molar refractivity (Wildman–Crippen MR) is 73.9 cm³/mol. The van der Waals surface area contributed by atoms with E-state index in [0.717, 1.165) is 31.4 Å². The number of hydrogen-bond donors (Lipinski definition) is 1. The van der Waals surface area contributed by atoms with E-state index in [1.165, 1.54) is 17.7 Å². The van der Waals surface area contributed by atoms with E-state index in [0.29, 0.717) is 0 Å². The van der Waals surface area contributed by atoms with E-state index in [2.05, 4.69) is 29.2 Å². The minimum atomic E-state index is 0.752. The summed E-state index contributed by atoms with van der Waals surface area (Å²) in [5.41, 5.74) is 0. The molecular weight excluding hydrogens is 234 g/mol. The third-order valence-electron chi connectivity index (χ3n) is 2.50. The van der Waals surface area contributed by atoms with Gasteiger partial charge in [-0.05, 0) is 6.42 Å². The summed E-state index contributed by atoms with van der Waals surface area (Å²) in [6, 6.07) is 0. The van der Waals surface area contributed by atoms with Crippen LogP contribution in [0.15, 0.2) is 6.20 Å². The van der Waals surface area contributed by atoms with Gasteiger partial charge in [-0.2, -0.15) is 0 Å². The van der Waals surface area contributed by atoms with Gasteiger partial charge in [-0.1, -0.05) is 13.3 Å². The van der Waals surface area contributed by atoms with E-state index in [4.69, 9.17) is 4.74 Å². The summed E-state index contributed by atoms with van der Waals surface area (Å²) in [7, 11) is 3.83. The Hall–Kier alpha value is -0.650. The van der Waals surface area contributed by atoms with Crippen LogP contribution in [0.2, 0.25) is 0 Å². The van der Waals surface area contributed by atoms with Crippen LogP contribution in [0.25, 0.3) is 0 Å². The maximum absolute atomic E-state index is 4.98. The molecule has 0 saturated carbocycles. The molecule has 0 unspecified atom stereocenters. The van der Waals surface area contributed by atoms with Gasteiger partial charge in [0.25, 0.3) is 0 Å². The second-order valence-corrected chi connectivity index (χ2v) is 5.15. The van der Waals surface area contributed by atoms with Crippen molar-refractivity contribution in [3.05, 3.63) is 11.1 Å². The molecule has 0 aliphatic heterocycles. The van der Waals surface area contributed by atoms with Crippen LogP contribution in [0.3, 0.4) is 0 Å². The third kappa shape index (κ3) is 5.48. The van der Waals surface area contributed by atoms with Gasteiger partial charge in [-0.15, -0.1) is 11.3 Å². The molecule has 5 heteroatoms. The summed E-state index contributed by atoms with van der Waals surface area (Å²) >= 11 is 1.76. The average molecular weight is 257 g/mol. The Labute approximate surface area is 108 Å². The zero-order valence-corrected chi connectivity index (χ0v) is 11.8. The van der Waals surface area contributed by atoms with Gasteiger partial charge in [0.05, 0.1) is 6.61 Å². The summed E-state index contributed by atoms with van der Waals surface area (Å²) in [6.07, 6.45) is 4.40. The molecule has 0 fully saturated rings. The fraction of sp³-hybridized carbons (Fsp3) is 0.750. The summed E-state index contributed by atoms with van der Waals surface area (Å²) in [5.74, 6) is 0. The van der Waals surface area contributed by atoms with Crippen molar-refractivity contribution >= 4 is 16.5 Å². The maximum atomic E-state index is 4.98. The van der Waals surface area contributed by atoms with Gasteiger partial charge in [0.1, 0.15) is 0 Å². The number of aromatic nitrogens is 1. The zero-order chi connectivity index (χ0) is 12.5. The lowest BCUT2D eigenvalue weighted by Crippen LogP contribution is -2.18. The monoisotopic (exact) mass is 257 g/mol. The molecule has 1 N–H and O–H groups in total. The fourth-order valence-electron chi connectivity index (χ4n) is 1.43. The van der Waals surface area contributed by atoms with Crippen molar-refractivity contribution in [3.63, 3.8) is 0 Å². The van der Waals surface area contributed by atoms with E-state index in [1.54, 1.807) is 18.4 Å². The Kier molecular flexibility index (Phi) is 7.16. The summed E-state index contributed by atoms with van der Waals surface area (Å²) < 4.78 is 4.98. The minimum absolute atomic E-state index is 0.752. The highest BCUT2D eigenvalue weighted by atomic mass is 32.1. The molecule has 0 aromatic carbocycles. The van der Waals surface area contributed by atoms with Gasteiger partial charge >= 0.3 is 0 Å². The van der Waals surface area contributed by atoms with Crippen molar-refractivity contribution in [2.45, 2.75) is 26.3 Å². The largest absolute Gasteiger partial charge is 0.383 e. The van der Waals surface area contributed by atoms with Crippen molar-refractivity contribution in [1.29, 1.82) is 0 Å². The highest BCUT2D eigenvalue weighted by molar-refractivity contribution is 7.15. The van der Waals surface area contributed by atoms with E-state index >= 15 is 0 Å². The molecule has 1 rings (SSSR count). The standard InChI is InChI=1S/C12H23N3OS/c1-4-5-7-15(2)12-14-10-11(17-12)9-13-6-8-16-3/h10,13H,4-9H2,1-3H3. The van der Waals surface area contributed by atoms with Gasteiger partial charge < -0.3 is 15.0 Å². The van der Waals surface area contributed by atoms with Gasteiger partial charge in [-0.25, -0.2) is 4.98 Å². The second kappa shape index (κ2) is 8.44. The number of nitrogens with zero attached hydrogens (tertiary/aromatic N) is 2. The summed E-state index contributed by atoms with van der Waals surface area (Å²) in [4.78, 5) is 7.95. The van der Waals surface area contributed by atoms with E-state index in [1.807, 2.05) is 6.20 Å². The Morgan fingerprint density at radius 3 is 3.06 bits per heavy atom. The average Bonchev–Trinajstić information content (AvgIpc) is 2.80. The second-order valence-electron chi connectivity index (χ2n) is 4.05. The van der Waals surface area contributed by atoms with Gasteiger partial charge in [0.2, 0.25) is 0 Å². The number of ether oxygens (including phenoxy) is 1. The zero-order valence-electron chi connectivity index (χ0n) is 11.0. The van der Waals surface area contributed by atoms with Crippen LogP contribution in [0.5, 0.6) is 0 Å². The number of rotatable bonds is 9. The topological polar surface area (TPSA) is 37.4 Å². The Balaban J connectivity index is 2.31. The first kappa shape index (κ1) is 14.4. The van der Waals surface area contributed by atoms with Gasteiger partial charge in [0.15, 0.2) is 5.13 Å².